The van der Waals surface area contributed by atoms with Crippen molar-refractivity contribution in [3.63, 3.8) is 0 Å². The van der Waals surface area contributed by atoms with Crippen molar-refractivity contribution < 1.29 is 9.72 Å². The lowest BCUT2D eigenvalue weighted by molar-refractivity contribution is -0.385. The number of Topliss-reactive ketones (excluding diaryl/α,β-unsaturated/α-hetero) is 1. The van der Waals surface area contributed by atoms with Gasteiger partial charge in [-0.15, -0.1) is 0 Å². The highest BCUT2D eigenvalue weighted by Crippen LogP contribution is 2.19. The summed E-state index contributed by atoms with van der Waals surface area (Å²) in [6.45, 7) is 0.542. The minimum Gasteiger partial charge on any atom is -0.330 e. The number of nitrogens with zero attached hydrogens (tertiary/aromatic N) is 1. The molecule has 0 saturated carbocycles. The molecule has 0 aliphatic heterocycles. The number of ketones is 1. The topological polar surface area (TPSA) is 112 Å². The predicted molar refractivity (Wildman–Crippen MR) is 67.1 cm³/mol. The normalized spacial score (nSPS) is 12.1. The van der Waals surface area contributed by atoms with Crippen LogP contribution in [0.2, 0.25) is 0 Å². The van der Waals surface area contributed by atoms with E-state index in [0.717, 1.165) is 12.8 Å². The van der Waals surface area contributed by atoms with E-state index in [1.54, 1.807) is 0 Å². The van der Waals surface area contributed by atoms with E-state index in [-0.39, 0.29) is 11.3 Å². The number of rotatable bonds is 7. The fourth-order valence-electron chi connectivity index (χ4n) is 1.62. The smallest absolute Gasteiger partial charge is 0.288 e. The van der Waals surface area contributed by atoms with E-state index < -0.39 is 16.7 Å². The van der Waals surface area contributed by atoms with Gasteiger partial charge in [0.1, 0.15) is 0 Å². The van der Waals surface area contributed by atoms with Crippen molar-refractivity contribution in [3.8, 4) is 0 Å². The Morgan fingerprint density at radius 3 is 2.83 bits per heavy atom. The highest BCUT2D eigenvalue weighted by Gasteiger charge is 2.23. The summed E-state index contributed by atoms with van der Waals surface area (Å²) in [6, 6.07) is 6.05. The molecule has 0 aliphatic carbocycles. The van der Waals surface area contributed by atoms with Gasteiger partial charge in [0.15, 0.2) is 5.78 Å². The molecule has 0 amide bonds. The molecular weight excluding hydrogens is 234 g/mol. The third-order valence-corrected chi connectivity index (χ3v) is 2.59. The van der Waals surface area contributed by atoms with Gasteiger partial charge in [-0.3, -0.25) is 14.9 Å². The molecule has 1 aromatic rings. The number of hydrogen-bond acceptors (Lipinski definition) is 5. The van der Waals surface area contributed by atoms with E-state index in [9.17, 15) is 14.9 Å². The zero-order valence-electron chi connectivity index (χ0n) is 9.96. The largest absolute Gasteiger partial charge is 0.330 e. The minimum absolute atomic E-state index is 0.0164. The van der Waals surface area contributed by atoms with Crippen LogP contribution in [0.5, 0.6) is 0 Å². The lowest BCUT2D eigenvalue weighted by Gasteiger charge is -2.10. The zero-order chi connectivity index (χ0) is 13.5. The van der Waals surface area contributed by atoms with Crippen molar-refractivity contribution in [3.05, 3.63) is 39.9 Å². The van der Waals surface area contributed by atoms with Gasteiger partial charge in [-0.05, 0) is 31.5 Å². The Morgan fingerprint density at radius 2 is 2.22 bits per heavy atom. The Hall–Kier alpha value is -1.79. The molecule has 6 heteroatoms. The standard InChI is InChI=1S/C12H16N3O3/c13-8-4-3-6-10(14)12(16)9-5-1-2-7-11(9)15(17)18/h1-2,5,10H,3-4,6,8,13-14H2/t10-/m0/s1. The molecule has 0 fully saturated rings. The zero-order valence-corrected chi connectivity index (χ0v) is 9.96. The quantitative estimate of drug-likeness (QED) is 0.325. The lowest BCUT2D eigenvalue weighted by Crippen LogP contribution is -2.31. The third kappa shape index (κ3) is 3.61. The maximum atomic E-state index is 12.0. The number of unbranched alkanes of at least 4 members (excludes halogenated alkanes) is 1. The van der Waals surface area contributed by atoms with E-state index in [0.29, 0.717) is 13.0 Å². The summed E-state index contributed by atoms with van der Waals surface area (Å²) in [5.74, 6) is -0.421. The van der Waals surface area contributed by atoms with Gasteiger partial charge in [-0.25, -0.2) is 0 Å². The molecule has 1 aromatic carbocycles. The van der Waals surface area contributed by atoms with Crippen molar-refractivity contribution >= 4 is 11.5 Å². The third-order valence-electron chi connectivity index (χ3n) is 2.59. The van der Waals surface area contributed by atoms with Crippen LogP contribution in [0, 0.1) is 16.2 Å². The second-order valence-electron chi connectivity index (χ2n) is 3.94. The number of hydrogen-bond donors (Lipinski definition) is 2. The number of nitrogens with two attached hydrogens (primary N) is 2. The Kier molecular flexibility index (Phi) is 5.41. The van der Waals surface area contributed by atoms with Crippen LogP contribution in [0.4, 0.5) is 5.69 Å². The van der Waals surface area contributed by atoms with Crippen LogP contribution < -0.4 is 11.5 Å². The minimum atomic E-state index is -0.731. The van der Waals surface area contributed by atoms with E-state index in [2.05, 4.69) is 6.07 Å². The molecule has 0 aliphatic rings. The van der Waals surface area contributed by atoms with Crippen molar-refractivity contribution in [2.45, 2.75) is 25.3 Å². The van der Waals surface area contributed by atoms with Gasteiger partial charge < -0.3 is 11.5 Å². The molecule has 1 atom stereocenters. The fraction of sp³-hybridized carbons (Fsp3) is 0.417. The summed E-state index contributed by atoms with van der Waals surface area (Å²) >= 11 is 0. The molecular formula is C12H16N3O3. The number of benzene rings is 1. The first-order chi connectivity index (χ1) is 8.57. The Morgan fingerprint density at radius 1 is 1.50 bits per heavy atom. The maximum absolute atomic E-state index is 12.0. The van der Waals surface area contributed by atoms with Crippen molar-refractivity contribution in [1.82, 2.24) is 0 Å². The lowest BCUT2D eigenvalue weighted by atomic mass is 9.99. The van der Waals surface area contributed by atoms with Crippen LogP contribution in [-0.4, -0.2) is 23.3 Å². The number of carbonyl (C=O) groups is 1. The van der Waals surface area contributed by atoms with Crippen LogP contribution in [0.1, 0.15) is 29.6 Å². The van der Waals surface area contributed by atoms with Gasteiger partial charge in [-0.1, -0.05) is 12.5 Å². The SMILES string of the molecule is NCCCC[C@H](N)C(=O)c1ccc[c]c1[N+](=O)[O-]. The monoisotopic (exact) mass is 250 g/mol. The fourth-order valence-corrected chi connectivity index (χ4v) is 1.62. The van der Waals surface area contributed by atoms with Gasteiger partial charge in [0.2, 0.25) is 0 Å². The predicted octanol–water partition coefficient (Wildman–Crippen LogP) is 1.03. The number of nitro benzene ring substituents is 1. The van der Waals surface area contributed by atoms with Crippen molar-refractivity contribution in [1.29, 1.82) is 0 Å². The molecule has 18 heavy (non-hydrogen) atoms. The molecule has 6 nitrogen and oxygen atoms in total. The molecule has 1 radical (unpaired) electrons. The summed E-state index contributed by atoms with van der Waals surface area (Å²) in [4.78, 5) is 22.1. The van der Waals surface area contributed by atoms with Gasteiger partial charge in [-0.2, -0.15) is 0 Å². The average Bonchev–Trinajstić information content (AvgIpc) is 2.38. The van der Waals surface area contributed by atoms with Crippen LogP contribution in [0.15, 0.2) is 18.2 Å². The molecule has 0 spiro atoms. The van der Waals surface area contributed by atoms with Crippen molar-refractivity contribution in [2.24, 2.45) is 11.5 Å². The molecule has 0 heterocycles. The molecule has 0 aromatic heterocycles. The summed E-state index contributed by atoms with van der Waals surface area (Å²) < 4.78 is 0. The van der Waals surface area contributed by atoms with Gasteiger partial charge in [0.25, 0.3) is 5.69 Å². The Labute approximate surface area is 105 Å². The number of carbonyl (C=O) groups excluding carboxylic acids is 1. The van der Waals surface area contributed by atoms with E-state index in [1.807, 2.05) is 0 Å². The Bertz CT molecular complexity index is 434. The first-order valence-electron chi connectivity index (χ1n) is 5.73. The highest BCUT2D eigenvalue weighted by atomic mass is 16.6. The van der Waals surface area contributed by atoms with Crippen LogP contribution in [0.25, 0.3) is 0 Å². The van der Waals surface area contributed by atoms with E-state index >= 15 is 0 Å². The molecule has 97 valence electrons. The summed E-state index contributed by atoms with van der Waals surface area (Å²) in [5.41, 5.74) is 10.8. The number of nitro groups is 1. The summed E-state index contributed by atoms with van der Waals surface area (Å²) in [6.07, 6.45) is 1.99. The molecule has 0 bridgehead atoms. The number of para-hydroxylation sites is 1. The molecule has 1 rings (SSSR count). The maximum Gasteiger partial charge on any atom is 0.288 e. The first kappa shape index (κ1) is 14.3. The Balaban J connectivity index is 2.80. The van der Waals surface area contributed by atoms with Gasteiger partial charge in [0, 0.05) is 0 Å². The molecule has 4 N–H and O–H groups in total. The van der Waals surface area contributed by atoms with Crippen molar-refractivity contribution in [2.75, 3.05) is 6.54 Å². The van der Waals surface area contributed by atoms with Gasteiger partial charge in [0.05, 0.1) is 22.6 Å². The van der Waals surface area contributed by atoms with Crippen LogP contribution in [-0.2, 0) is 0 Å². The second-order valence-corrected chi connectivity index (χ2v) is 3.94. The highest BCUT2D eigenvalue weighted by molar-refractivity contribution is 6.03. The summed E-state index contributed by atoms with van der Waals surface area (Å²) in [5, 5.41) is 10.8. The summed E-state index contributed by atoms with van der Waals surface area (Å²) in [7, 11) is 0. The van der Waals surface area contributed by atoms with Crippen LogP contribution >= 0.6 is 0 Å². The van der Waals surface area contributed by atoms with Gasteiger partial charge >= 0.3 is 0 Å². The molecule has 0 unspecified atom stereocenters. The second kappa shape index (κ2) is 6.83. The average molecular weight is 250 g/mol. The van der Waals surface area contributed by atoms with Crippen LogP contribution in [0.3, 0.4) is 0 Å². The van der Waals surface area contributed by atoms with E-state index in [1.165, 1.54) is 18.2 Å². The molecule has 0 saturated heterocycles. The first-order valence-corrected chi connectivity index (χ1v) is 5.73. The van der Waals surface area contributed by atoms with E-state index in [4.69, 9.17) is 11.5 Å².